The van der Waals surface area contributed by atoms with Crippen molar-refractivity contribution in [2.45, 2.75) is 38.6 Å². The highest BCUT2D eigenvalue weighted by molar-refractivity contribution is 7.99. The van der Waals surface area contributed by atoms with Gasteiger partial charge in [0, 0.05) is 25.3 Å². The summed E-state index contributed by atoms with van der Waals surface area (Å²) in [5, 5.41) is 4.03. The summed E-state index contributed by atoms with van der Waals surface area (Å²) in [6, 6.07) is 22.2. The molecule has 3 rings (SSSR count). The van der Waals surface area contributed by atoms with Crippen LogP contribution in [0.2, 0.25) is 10.0 Å². The molecule has 0 heterocycles. The molecule has 0 fully saturated rings. The number of carbonyl (C=O) groups excluding carboxylic acids is 2. The molecule has 0 saturated carbocycles. The minimum atomic E-state index is -0.666. The third-order valence-electron chi connectivity index (χ3n) is 5.92. The number of halogens is 2. The van der Waals surface area contributed by atoms with Gasteiger partial charge in [-0.15, -0.1) is 11.8 Å². The van der Waals surface area contributed by atoms with Crippen LogP contribution in [0.5, 0.6) is 5.75 Å². The summed E-state index contributed by atoms with van der Waals surface area (Å²) in [7, 11) is 1.61. The maximum Gasteiger partial charge on any atom is 0.243 e. The van der Waals surface area contributed by atoms with Crippen molar-refractivity contribution in [2.24, 2.45) is 5.92 Å². The average Bonchev–Trinajstić information content (AvgIpc) is 2.91. The van der Waals surface area contributed by atoms with Crippen LogP contribution in [-0.2, 0) is 28.3 Å². The van der Waals surface area contributed by atoms with Gasteiger partial charge in [-0.3, -0.25) is 9.59 Å². The zero-order valence-corrected chi connectivity index (χ0v) is 24.3. The number of amides is 2. The smallest absolute Gasteiger partial charge is 0.243 e. The van der Waals surface area contributed by atoms with E-state index in [0.29, 0.717) is 40.4 Å². The SMILES string of the molecule is COc1cccc(CN(C(=O)CSCc2ccc(Cl)c(Cl)c2)[C@@H](Cc2ccccc2)C(=O)NCC(C)C)c1. The highest BCUT2D eigenvalue weighted by atomic mass is 35.5. The van der Waals surface area contributed by atoms with Gasteiger partial charge in [0.05, 0.1) is 22.9 Å². The third-order valence-corrected chi connectivity index (χ3v) is 7.65. The Morgan fingerprint density at radius 3 is 2.34 bits per heavy atom. The van der Waals surface area contributed by atoms with Crippen molar-refractivity contribution in [1.82, 2.24) is 10.2 Å². The first-order valence-corrected chi connectivity index (χ1v) is 14.4. The minimum Gasteiger partial charge on any atom is -0.497 e. The molecular weight excluding hydrogens is 539 g/mol. The van der Waals surface area contributed by atoms with E-state index in [2.05, 4.69) is 5.32 Å². The molecular formula is C30H34Cl2N2O3S. The molecule has 202 valence electrons. The van der Waals surface area contributed by atoms with Crippen LogP contribution in [0.25, 0.3) is 0 Å². The van der Waals surface area contributed by atoms with Crippen LogP contribution in [0.3, 0.4) is 0 Å². The van der Waals surface area contributed by atoms with Crippen molar-refractivity contribution in [3.8, 4) is 5.75 Å². The fraction of sp³-hybridized carbons (Fsp3) is 0.333. The molecule has 0 aliphatic rings. The largest absolute Gasteiger partial charge is 0.497 e. The maximum atomic E-state index is 13.7. The highest BCUT2D eigenvalue weighted by Crippen LogP contribution is 2.25. The Kier molecular flexibility index (Phi) is 11.8. The number of nitrogens with zero attached hydrogens (tertiary/aromatic N) is 1. The lowest BCUT2D eigenvalue weighted by molar-refractivity contribution is -0.139. The average molecular weight is 574 g/mol. The van der Waals surface area contributed by atoms with Crippen molar-refractivity contribution in [3.63, 3.8) is 0 Å². The number of rotatable bonds is 13. The van der Waals surface area contributed by atoms with Crippen molar-refractivity contribution in [2.75, 3.05) is 19.4 Å². The van der Waals surface area contributed by atoms with Gasteiger partial charge in [0.2, 0.25) is 11.8 Å². The van der Waals surface area contributed by atoms with Gasteiger partial charge in [0.25, 0.3) is 0 Å². The number of benzene rings is 3. The number of nitrogens with one attached hydrogen (secondary N) is 1. The zero-order chi connectivity index (χ0) is 27.5. The number of ether oxygens (including phenoxy) is 1. The van der Waals surface area contributed by atoms with Crippen molar-refractivity contribution in [1.29, 1.82) is 0 Å². The second-order valence-electron chi connectivity index (χ2n) is 9.46. The normalized spacial score (nSPS) is 11.7. The van der Waals surface area contributed by atoms with E-state index in [9.17, 15) is 9.59 Å². The maximum absolute atomic E-state index is 13.7. The molecule has 0 bridgehead atoms. The third kappa shape index (κ3) is 9.26. The highest BCUT2D eigenvalue weighted by Gasteiger charge is 2.30. The van der Waals surface area contributed by atoms with Crippen molar-refractivity contribution >= 4 is 46.8 Å². The molecule has 3 aromatic rings. The summed E-state index contributed by atoms with van der Waals surface area (Å²) in [4.78, 5) is 28.9. The molecule has 0 saturated heterocycles. The van der Waals surface area contributed by atoms with Crippen molar-refractivity contribution < 1.29 is 14.3 Å². The molecule has 1 atom stereocenters. The van der Waals surface area contributed by atoms with Gasteiger partial charge in [-0.25, -0.2) is 0 Å². The second kappa shape index (κ2) is 15.1. The second-order valence-corrected chi connectivity index (χ2v) is 11.3. The molecule has 0 aliphatic carbocycles. The number of carbonyl (C=O) groups is 2. The van der Waals surface area contributed by atoms with E-state index < -0.39 is 6.04 Å². The first kappa shape index (κ1) is 29.9. The van der Waals surface area contributed by atoms with E-state index in [0.717, 1.165) is 16.7 Å². The van der Waals surface area contributed by atoms with Crippen LogP contribution in [0.15, 0.2) is 72.8 Å². The standard InChI is InChI=1S/C30H34Cl2N2O3S/c1-21(2)17-33-30(36)28(16-22-8-5-4-6-9-22)34(18-23-10-7-11-25(14-23)37-3)29(35)20-38-19-24-12-13-26(31)27(32)15-24/h4-15,21,28H,16-20H2,1-3H3,(H,33,36)/t28-/m0/s1. The zero-order valence-electron chi connectivity index (χ0n) is 22.0. The van der Waals surface area contributed by atoms with E-state index in [-0.39, 0.29) is 24.1 Å². The van der Waals surface area contributed by atoms with E-state index in [1.807, 2.05) is 80.6 Å². The monoisotopic (exact) mass is 572 g/mol. The van der Waals surface area contributed by atoms with Crippen LogP contribution in [0.4, 0.5) is 0 Å². The Hall–Kier alpha value is -2.67. The van der Waals surface area contributed by atoms with Gasteiger partial charge in [0.1, 0.15) is 11.8 Å². The molecule has 0 radical (unpaired) electrons. The van der Waals surface area contributed by atoms with Crippen LogP contribution in [0, 0.1) is 5.92 Å². The summed E-state index contributed by atoms with van der Waals surface area (Å²) in [5.74, 6) is 1.53. The number of thioether (sulfide) groups is 1. The Bertz CT molecular complexity index is 1210. The number of hydrogen-bond donors (Lipinski definition) is 1. The summed E-state index contributed by atoms with van der Waals surface area (Å²) in [6.07, 6.45) is 0.415. The molecule has 5 nitrogen and oxygen atoms in total. The van der Waals surface area contributed by atoms with Crippen LogP contribution in [-0.4, -0.2) is 42.2 Å². The van der Waals surface area contributed by atoms with Gasteiger partial charge < -0.3 is 15.0 Å². The van der Waals surface area contributed by atoms with Crippen molar-refractivity contribution in [3.05, 3.63) is 99.5 Å². The number of hydrogen-bond acceptors (Lipinski definition) is 4. The molecule has 1 N–H and O–H groups in total. The molecule has 0 unspecified atom stereocenters. The summed E-state index contributed by atoms with van der Waals surface area (Å²) in [6.45, 7) is 4.92. The molecule has 3 aromatic carbocycles. The predicted molar refractivity (Wildman–Crippen MR) is 158 cm³/mol. The Morgan fingerprint density at radius 2 is 1.66 bits per heavy atom. The first-order valence-electron chi connectivity index (χ1n) is 12.5. The fourth-order valence-corrected chi connectivity index (χ4v) is 5.09. The van der Waals surface area contributed by atoms with Gasteiger partial charge in [-0.05, 0) is 46.9 Å². The van der Waals surface area contributed by atoms with Gasteiger partial charge in [-0.1, -0.05) is 85.6 Å². The lowest BCUT2D eigenvalue weighted by Gasteiger charge is -2.32. The van der Waals surface area contributed by atoms with E-state index in [1.54, 1.807) is 18.1 Å². The predicted octanol–water partition coefficient (Wildman–Crippen LogP) is 6.65. The Labute approximate surface area is 239 Å². The molecule has 8 heteroatoms. The topological polar surface area (TPSA) is 58.6 Å². The molecule has 0 aliphatic heterocycles. The molecule has 2 amide bonds. The molecule has 0 aromatic heterocycles. The summed E-state index contributed by atoms with van der Waals surface area (Å²) >= 11 is 13.7. The quantitative estimate of drug-likeness (QED) is 0.249. The minimum absolute atomic E-state index is 0.112. The number of methoxy groups -OCH3 is 1. The first-order chi connectivity index (χ1) is 18.3. The summed E-state index contributed by atoms with van der Waals surface area (Å²) in [5.41, 5.74) is 2.86. The summed E-state index contributed by atoms with van der Waals surface area (Å²) < 4.78 is 5.39. The van der Waals surface area contributed by atoms with Gasteiger partial charge in [-0.2, -0.15) is 0 Å². The fourth-order valence-electron chi connectivity index (χ4n) is 3.91. The van der Waals surface area contributed by atoms with E-state index >= 15 is 0 Å². The van der Waals surface area contributed by atoms with E-state index in [1.165, 1.54) is 11.8 Å². The molecule has 0 spiro atoms. The van der Waals surface area contributed by atoms with Crippen LogP contribution < -0.4 is 10.1 Å². The van der Waals surface area contributed by atoms with Gasteiger partial charge >= 0.3 is 0 Å². The van der Waals surface area contributed by atoms with E-state index in [4.69, 9.17) is 27.9 Å². The lowest BCUT2D eigenvalue weighted by Crippen LogP contribution is -2.51. The Balaban J connectivity index is 1.86. The van der Waals surface area contributed by atoms with Crippen LogP contribution in [0.1, 0.15) is 30.5 Å². The van der Waals surface area contributed by atoms with Gasteiger partial charge in [0.15, 0.2) is 0 Å². The molecule has 38 heavy (non-hydrogen) atoms. The Morgan fingerprint density at radius 1 is 0.921 bits per heavy atom. The lowest BCUT2D eigenvalue weighted by atomic mass is 10.0. The van der Waals surface area contributed by atoms with Crippen LogP contribution >= 0.6 is 35.0 Å².